The molecule has 0 bridgehead atoms. The molecule has 0 radical (unpaired) electrons. The Morgan fingerprint density at radius 2 is 1.86 bits per heavy atom. The zero-order valence-electron chi connectivity index (χ0n) is 13.1. The SMILES string of the molecule is CCCCOCCCNS(=O)(=O)c1c(N)ccc(C)c1C. The van der Waals surface area contributed by atoms with Crippen LogP contribution in [0.1, 0.15) is 37.3 Å². The Balaban J connectivity index is 2.57. The molecule has 0 atom stereocenters. The van der Waals surface area contributed by atoms with Crippen molar-refractivity contribution in [3.05, 3.63) is 23.3 Å². The number of hydrogen-bond acceptors (Lipinski definition) is 4. The van der Waals surface area contributed by atoms with Crippen LogP contribution in [-0.2, 0) is 14.8 Å². The number of hydrogen-bond donors (Lipinski definition) is 2. The van der Waals surface area contributed by atoms with E-state index < -0.39 is 10.0 Å². The number of anilines is 1. The second-order valence-corrected chi connectivity index (χ2v) is 6.85. The van der Waals surface area contributed by atoms with E-state index in [1.54, 1.807) is 13.0 Å². The minimum atomic E-state index is -3.57. The number of benzene rings is 1. The molecule has 1 rings (SSSR count). The summed E-state index contributed by atoms with van der Waals surface area (Å²) in [4.78, 5) is 0.189. The van der Waals surface area contributed by atoms with Crippen molar-refractivity contribution in [1.29, 1.82) is 0 Å². The molecule has 21 heavy (non-hydrogen) atoms. The fraction of sp³-hybridized carbons (Fsp3) is 0.600. The number of nitrogen functional groups attached to an aromatic ring is 1. The Bertz CT molecular complexity index is 556. The van der Waals surface area contributed by atoms with Crippen molar-refractivity contribution in [2.75, 3.05) is 25.5 Å². The number of nitrogens with one attached hydrogen (secondary N) is 1. The molecule has 0 heterocycles. The predicted molar refractivity (Wildman–Crippen MR) is 85.9 cm³/mol. The van der Waals surface area contributed by atoms with E-state index >= 15 is 0 Å². The van der Waals surface area contributed by atoms with Crippen LogP contribution >= 0.6 is 0 Å². The van der Waals surface area contributed by atoms with Crippen LogP contribution in [-0.4, -0.2) is 28.2 Å². The third kappa shape index (κ3) is 5.30. The largest absolute Gasteiger partial charge is 0.398 e. The number of unbranched alkanes of at least 4 members (excludes halogenated alkanes) is 1. The van der Waals surface area contributed by atoms with E-state index in [0.717, 1.165) is 25.0 Å². The summed E-state index contributed by atoms with van der Waals surface area (Å²) < 4.78 is 32.6. The highest BCUT2D eigenvalue weighted by molar-refractivity contribution is 7.89. The van der Waals surface area contributed by atoms with Crippen LogP contribution in [0.3, 0.4) is 0 Å². The normalized spacial score (nSPS) is 11.8. The summed E-state index contributed by atoms with van der Waals surface area (Å²) in [5.74, 6) is 0. The molecule has 0 aliphatic heterocycles. The van der Waals surface area contributed by atoms with Gasteiger partial charge in [0.05, 0.1) is 5.69 Å². The molecular formula is C15H26N2O3S. The number of rotatable bonds is 9. The summed E-state index contributed by atoms with van der Waals surface area (Å²) in [6.45, 7) is 7.38. The van der Waals surface area contributed by atoms with E-state index in [2.05, 4.69) is 11.6 Å². The molecule has 1 aromatic rings. The highest BCUT2D eigenvalue weighted by Gasteiger charge is 2.20. The Labute approximate surface area is 127 Å². The first-order valence-corrected chi connectivity index (χ1v) is 8.81. The van der Waals surface area contributed by atoms with Gasteiger partial charge in [-0.3, -0.25) is 0 Å². The lowest BCUT2D eigenvalue weighted by atomic mass is 10.1. The molecule has 0 unspecified atom stereocenters. The molecule has 0 saturated heterocycles. The lowest BCUT2D eigenvalue weighted by Gasteiger charge is -2.13. The van der Waals surface area contributed by atoms with Crippen LogP contribution in [0.2, 0.25) is 0 Å². The van der Waals surface area contributed by atoms with Crippen LogP contribution in [0.4, 0.5) is 5.69 Å². The van der Waals surface area contributed by atoms with Gasteiger partial charge in [0.2, 0.25) is 10.0 Å². The molecule has 6 heteroatoms. The second-order valence-electron chi connectivity index (χ2n) is 5.14. The van der Waals surface area contributed by atoms with Gasteiger partial charge in [0.15, 0.2) is 0 Å². The monoisotopic (exact) mass is 314 g/mol. The minimum absolute atomic E-state index is 0.189. The molecular weight excluding hydrogens is 288 g/mol. The van der Waals surface area contributed by atoms with Gasteiger partial charge in [-0.1, -0.05) is 19.4 Å². The summed E-state index contributed by atoms with van der Waals surface area (Å²) in [5, 5.41) is 0. The highest BCUT2D eigenvalue weighted by Crippen LogP contribution is 2.24. The summed E-state index contributed by atoms with van der Waals surface area (Å²) >= 11 is 0. The predicted octanol–water partition coefficient (Wildman–Crippen LogP) is 2.37. The van der Waals surface area contributed by atoms with Crippen LogP contribution in [0.15, 0.2) is 17.0 Å². The lowest BCUT2D eigenvalue weighted by Crippen LogP contribution is -2.27. The van der Waals surface area contributed by atoms with Gasteiger partial charge in [0.25, 0.3) is 0 Å². The average molecular weight is 314 g/mol. The molecule has 0 spiro atoms. The molecule has 1 aromatic carbocycles. The van der Waals surface area contributed by atoms with Crippen molar-refractivity contribution < 1.29 is 13.2 Å². The highest BCUT2D eigenvalue weighted by atomic mass is 32.2. The van der Waals surface area contributed by atoms with Crippen molar-refractivity contribution in [2.24, 2.45) is 0 Å². The minimum Gasteiger partial charge on any atom is -0.398 e. The van der Waals surface area contributed by atoms with E-state index in [0.29, 0.717) is 25.1 Å². The van der Waals surface area contributed by atoms with Crippen molar-refractivity contribution >= 4 is 15.7 Å². The van der Waals surface area contributed by atoms with Gasteiger partial charge < -0.3 is 10.5 Å². The Morgan fingerprint density at radius 3 is 2.52 bits per heavy atom. The number of ether oxygens (including phenoxy) is 1. The molecule has 0 aliphatic carbocycles. The van der Waals surface area contributed by atoms with E-state index in [-0.39, 0.29) is 10.6 Å². The average Bonchev–Trinajstić information content (AvgIpc) is 2.42. The first-order chi connectivity index (χ1) is 9.90. The number of sulfonamides is 1. The van der Waals surface area contributed by atoms with Gasteiger partial charge in [0, 0.05) is 19.8 Å². The first kappa shape index (κ1) is 17.9. The maximum absolute atomic E-state index is 12.3. The van der Waals surface area contributed by atoms with E-state index in [1.165, 1.54) is 0 Å². The molecule has 120 valence electrons. The third-order valence-electron chi connectivity index (χ3n) is 3.38. The first-order valence-electron chi connectivity index (χ1n) is 7.33. The Hall–Kier alpha value is -1.11. The van der Waals surface area contributed by atoms with Gasteiger partial charge in [-0.25, -0.2) is 13.1 Å². The van der Waals surface area contributed by atoms with E-state index in [4.69, 9.17) is 10.5 Å². The van der Waals surface area contributed by atoms with Crippen LogP contribution < -0.4 is 10.5 Å². The topological polar surface area (TPSA) is 81.4 Å². The molecule has 0 saturated carbocycles. The Morgan fingerprint density at radius 1 is 1.19 bits per heavy atom. The third-order valence-corrected chi connectivity index (χ3v) is 5.04. The maximum atomic E-state index is 12.3. The summed E-state index contributed by atoms with van der Waals surface area (Å²) in [6, 6.07) is 3.45. The van der Waals surface area contributed by atoms with Gasteiger partial charge in [0.1, 0.15) is 4.90 Å². The quantitative estimate of drug-likeness (QED) is 0.541. The molecule has 0 amide bonds. The Kier molecular flexibility index (Phi) is 7.14. The summed E-state index contributed by atoms with van der Waals surface area (Å²) in [5.41, 5.74) is 7.71. The van der Waals surface area contributed by atoms with E-state index in [9.17, 15) is 8.42 Å². The summed E-state index contributed by atoms with van der Waals surface area (Å²) in [6.07, 6.45) is 2.77. The lowest BCUT2D eigenvalue weighted by molar-refractivity contribution is 0.130. The van der Waals surface area contributed by atoms with Crippen LogP contribution in [0.25, 0.3) is 0 Å². The van der Waals surface area contributed by atoms with Crippen molar-refractivity contribution in [3.8, 4) is 0 Å². The zero-order valence-corrected chi connectivity index (χ0v) is 13.9. The fourth-order valence-electron chi connectivity index (χ4n) is 1.97. The zero-order chi connectivity index (χ0) is 15.9. The number of nitrogens with two attached hydrogens (primary N) is 1. The number of aryl methyl sites for hydroxylation is 1. The van der Waals surface area contributed by atoms with Crippen LogP contribution in [0, 0.1) is 13.8 Å². The van der Waals surface area contributed by atoms with Crippen LogP contribution in [0.5, 0.6) is 0 Å². The van der Waals surface area contributed by atoms with Gasteiger partial charge in [-0.15, -0.1) is 0 Å². The molecule has 0 aromatic heterocycles. The molecule has 3 N–H and O–H groups in total. The van der Waals surface area contributed by atoms with Crippen molar-refractivity contribution in [3.63, 3.8) is 0 Å². The summed E-state index contributed by atoms with van der Waals surface area (Å²) in [7, 11) is -3.57. The molecule has 0 fully saturated rings. The molecule has 0 aliphatic rings. The standard InChI is InChI=1S/C15H26N2O3S/c1-4-5-10-20-11-6-9-17-21(18,19)15-13(3)12(2)7-8-14(15)16/h7-8,17H,4-6,9-11,16H2,1-3H3. The smallest absolute Gasteiger partial charge is 0.242 e. The fourth-order valence-corrected chi connectivity index (χ4v) is 3.47. The maximum Gasteiger partial charge on any atom is 0.242 e. The van der Waals surface area contributed by atoms with Crippen molar-refractivity contribution in [1.82, 2.24) is 4.72 Å². The van der Waals surface area contributed by atoms with Gasteiger partial charge in [-0.2, -0.15) is 0 Å². The second kappa shape index (κ2) is 8.36. The van der Waals surface area contributed by atoms with E-state index in [1.807, 2.05) is 13.0 Å². The van der Waals surface area contributed by atoms with Crippen molar-refractivity contribution in [2.45, 2.75) is 44.9 Å². The molecule has 5 nitrogen and oxygen atoms in total. The van der Waals surface area contributed by atoms with Gasteiger partial charge in [-0.05, 0) is 43.9 Å². The van der Waals surface area contributed by atoms with Gasteiger partial charge >= 0.3 is 0 Å².